The van der Waals surface area contributed by atoms with E-state index in [-0.39, 0.29) is 10.6 Å². The van der Waals surface area contributed by atoms with Crippen LogP contribution in [-0.2, 0) is 21.2 Å². The van der Waals surface area contributed by atoms with Crippen molar-refractivity contribution in [2.45, 2.75) is 18.4 Å². The summed E-state index contributed by atoms with van der Waals surface area (Å²) in [6.07, 6.45) is 1.02. The van der Waals surface area contributed by atoms with Gasteiger partial charge in [0.05, 0.1) is 28.6 Å². The summed E-state index contributed by atoms with van der Waals surface area (Å²) < 4.78 is 43.1. The molecule has 0 fully saturated rings. The van der Waals surface area contributed by atoms with E-state index in [4.69, 9.17) is 4.74 Å². The molecule has 4 rings (SSSR count). The van der Waals surface area contributed by atoms with Gasteiger partial charge in [-0.25, -0.2) is 22.8 Å². The maximum atomic E-state index is 13.7. The standard InChI is InChI=1S/C20H20FN7O3S/c1-11-22-19-15(24-14-6-4-12(21)8-16(14)32(3,29)30)9-18(26-20(19)23-11)25-17-7-5-13(10-31-2)27-28-17/h4-9H,10H2,1-3H3,(H3,22,23,24,25,26,28). The summed E-state index contributed by atoms with van der Waals surface area (Å²) in [4.78, 5) is 11.8. The third-order valence-electron chi connectivity index (χ3n) is 4.45. The van der Waals surface area contributed by atoms with Crippen LogP contribution in [0.1, 0.15) is 11.5 Å². The van der Waals surface area contributed by atoms with E-state index in [0.717, 1.165) is 12.3 Å². The Morgan fingerprint density at radius 2 is 1.84 bits per heavy atom. The highest BCUT2D eigenvalue weighted by molar-refractivity contribution is 7.90. The van der Waals surface area contributed by atoms with Crippen LogP contribution in [0.4, 0.5) is 27.4 Å². The van der Waals surface area contributed by atoms with Crippen LogP contribution in [0, 0.1) is 12.7 Å². The van der Waals surface area contributed by atoms with Crippen LogP contribution < -0.4 is 10.6 Å². The minimum absolute atomic E-state index is 0.163. The molecule has 0 radical (unpaired) electrons. The Morgan fingerprint density at radius 3 is 2.53 bits per heavy atom. The second kappa shape index (κ2) is 8.48. The molecule has 0 aliphatic heterocycles. The van der Waals surface area contributed by atoms with Crippen LogP contribution in [0.25, 0.3) is 11.2 Å². The number of imidazole rings is 1. The van der Waals surface area contributed by atoms with Gasteiger partial charge in [0.2, 0.25) is 0 Å². The van der Waals surface area contributed by atoms with E-state index < -0.39 is 15.7 Å². The fourth-order valence-electron chi connectivity index (χ4n) is 3.10. The number of sulfone groups is 1. The van der Waals surface area contributed by atoms with Gasteiger partial charge in [-0.2, -0.15) is 5.10 Å². The van der Waals surface area contributed by atoms with Crippen molar-refractivity contribution in [1.82, 2.24) is 25.1 Å². The van der Waals surface area contributed by atoms with Gasteiger partial charge in [-0.05, 0) is 37.3 Å². The summed E-state index contributed by atoms with van der Waals surface area (Å²) in [7, 11) is -2.11. The number of rotatable bonds is 7. The highest BCUT2D eigenvalue weighted by Gasteiger charge is 2.17. The van der Waals surface area contributed by atoms with Crippen molar-refractivity contribution >= 4 is 44.0 Å². The predicted octanol–water partition coefficient (Wildman–Crippen LogP) is 3.23. The smallest absolute Gasteiger partial charge is 0.177 e. The van der Waals surface area contributed by atoms with Crippen molar-refractivity contribution in [3.8, 4) is 0 Å². The first kappa shape index (κ1) is 21.6. The second-order valence-electron chi connectivity index (χ2n) is 7.08. The number of methoxy groups -OCH3 is 1. The first-order chi connectivity index (χ1) is 15.2. The molecule has 0 aliphatic carbocycles. The van der Waals surface area contributed by atoms with Gasteiger partial charge in [-0.1, -0.05) is 0 Å². The Kier molecular flexibility index (Phi) is 5.72. The van der Waals surface area contributed by atoms with Crippen LogP contribution in [0.3, 0.4) is 0 Å². The SMILES string of the molecule is COCc1ccc(Nc2cc(Nc3ccc(F)cc3S(C)(=O)=O)c3nc(C)[nH]c3n2)nn1. The van der Waals surface area contributed by atoms with Crippen molar-refractivity contribution < 1.29 is 17.5 Å². The van der Waals surface area contributed by atoms with Crippen LogP contribution in [-0.4, -0.2) is 46.9 Å². The fourth-order valence-corrected chi connectivity index (χ4v) is 3.94. The number of nitrogens with zero attached hydrogens (tertiary/aromatic N) is 4. The Balaban J connectivity index is 1.74. The van der Waals surface area contributed by atoms with Gasteiger partial charge < -0.3 is 20.4 Å². The molecule has 12 heteroatoms. The van der Waals surface area contributed by atoms with Crippen LogP contribution >= 0.6 is 0 Å². The number of hydrogen-bond acceptors (Lipinski definition) is 9. The zero-order chi connectivity index (χ0) is 22.9. The van der Waals surface area contributed by atoms with Crippen molar-refractivity contribution in [3.63, 3.8) is 0 Å². The minimum Gasteiger partial charge on any atom is -0.378 e. The molecular weight excluding hydrogens is 437 g/mol. The third-order valence-corrected chi connectivity index (χ3v) is 5.59. The molecule has 3 N–H and O–H groups in total. The number of aromatic nitrogens is 5. The molecule has 0 unspecified atom stereocenters. The molecule has 166 valence electrons. The molecule has 3 heterocycles. The molecule has 4 aromatic rings. The fraction of sp³-hybridized carbons (Fsp3) is 0.200. The van der Waals surface area contributed by atoms with E-state index in [0.29, 0.717) is 46.6 Å². The number of fused-ring (bicyclic) bond motifs is 1. The quantitative estimate of drug-likeness (QED) is 0.382. The van der Waals surface area contributed by atoms with E-state index in [9.17, 15) is 12.8 Å². The molecule has 0 bridgehead atoms. The summed E-state index contributed by atoms with van der Waals surface area (Å²) in [5.74, 6) is 0.848. The number of ether oxygens (including phenoxy) is 1. The molecule has 0 spiro atoms. The van der Waals surface area contributed by atoms with Crippen molar-refractivity contribution in [2.24, 2.45) is 0 Å². The van der Waals surface area contributed by atoms with Gasteiger partial charge in [0.1, 0.15) is 23.0 Å². The van der Waals surface area contributed by atoms with Crippen molar-refractivity contribution in [2.75, 3.05) is 24.0 Å². The molecule has 0 saturated carbocycles. The molecule has 3 aromatic heterocycles. The lowest BCUT2D eigenvalue weighted by molar-refractivity contribution is 0.180. The average molecular weight is 457 g/mol. The second-order valence-corrected chi connectivity index (χ2v) is 9.06. The van der Waals surface area contributed by atoms with Crippen LogP contribution in [0.2, 0.25) is 0 Å². The molecule has 0 saturated heterocycles. The molecule has 10 nitrogen and oxygen atoms in total. The van der Waals surface area contributed by atoms with Crippen molar-refractivity contribution in [1.29, 1.82) is 0 Å². The van der Waals surface area contributed by atoms with Gasteiger partial charge in [-0.15, -0.1) is 5.10 Å². The third kappa shape index (κ3) is 4.65. The summed E-state index contributed by atoms with van der Waals surface area (Å²) in [5.41, 5.74) is 2.34. The van der Waals surface area contributed by atoms with E-state index >= 15 is 0 Å². The maximum absolute atomic E-state index is 13.7. The van der Waals surface area contributed by atoms with Gasteiger partial charge in [-0.3, -0.25) is 0 Å². The molecule has 1 aromatic carbocycles. The van der Waals surface area contributed by atoms with Gasteiger partial charge in [0.25, 0.3) is 0 Å². The lowest BCUT2D eigenvalue weighted by Crippen LogP contribution is -2.05. The molecule has 0 aliphatic rings. The average Bonchev–Trinajstić information content (AvgIpc) is 3.11. The highest BCUT2D eigenvalue weighted by atomic mass is 32.2. The summed E-state index contributed by atoms with van der Waals surface area (Å²) in [6.45, 7) is 2.12. The lowest BCUT2D eigenvalue weighted by atomic mass is 10.2. The van der Waals surface area contributed by atoms with E-state index in [1.54, 1.807) is 32.2 Å². The zero-order valence-corrected chi connectivity index (χ0v) is 18.3. The van der Waals surface area contributed by atoms with E-state index in [1.807, 2.05) is 0 Å². The van der Waals surface area contributed by atoms with Gasteiger partial charge in [0.15, 0.2) is 21.3 Å². The number of nitrogens with one attached hydrogen (secondary N) is 3. The summed E-state index contributed by atoms with van der Waals surface area (Å²) in [5, 5.41) is 14.3. The predicted molar refractivity (Wildman–Crippen MR) is 117 cm³/mol. The number of anilines is 4. The van der Waals surface area contributed by atoms with E-state index in [1.165, 1.54) is 12.1 Å². The first-order valence-electron chi connectivity index (χ1n) is 9.45. The summed E-state index contributed by atoms with van der Waals surface area (Å²) in [6, 6.07) is 8.69. The van der Waals surface area contributed by atoms with Gasteiger partial charge >= 0.3 is 0 Å². The molecule has 0 amide bonds. The Labute approximate surface area is 183 Å². The molecular formula is C20H20FN7O3S. The number of hydrogen-bond donors (Lipinski definition) is 3. The largest absolute Gasteiger partial charge is 0.378 e. The van der Waals surface area contributed by atoms with Crippen LogP contribution in [0.5, 0.6) is 0 Å². The monoisotopic (exact) mass is 457 g/mol. The number of aryl methyl sites for hydroxylation is 1. The molecule has 0 atom stereocenters. The Bertz CT molecular complexity index is 1390. The topological polar surface area (TPSA) is 135 Å². The number of aromatic amines is 1. The minimum atomic E-state index is -3.68. The summed E-state index contributed by atoms with van der Waals surface area (Å²) >= 11 is 0. The maximum Gasteiger partial charge on any atom is 0.177 e. The Morgan fingerprint density at radius 1 is 1.03 bits per heavy atom. The zero-order valence-electron chi connectivity index (χ0n) is 17.5. The van der Waals surface area contributed by atoms with Crippen molar-refractivity contribution in [3.05, 3.63) is 53.7 Å². The number of H-pyrrole nitrogens is 1. The lowest BCUT2D eigenvalue weighted by Gasteiger charge is -2.13. The normalized spacial score (nSPS) is 11.6. The van der Waals surface area contributed by atoms with Gasteiger partial charge in [0, 0.05) is 19.4 Å². The first-order valence-corrected chi connectivity index (χ1v) is 11.3. The Hall–Kier alpha value is -3.64. The number of halogens is 1. The number of benzene rings is 1. The van der Waals surface area contributed by atoms with E-state index in [2.05, 4.69) is 35.8 Å². The number of pyridine rings is 1. The highest BCUT2D eigenvalue weighted by Crippen LogP contribution is 2.31. The van der Waals surface area contributed by atoms with Crippen LogP contribution in [0.15, 0.2) is 41.3 Å². The molecule has 32 heavy (non-hydrogen) atoms.